The van der Waals surface area contributed by atoms with Crippen molar-refractivity contribution in [2.75, 3.05) is 11.2 Å². The fourth-order valence-electron chi connectivity index (χ4n) is 1.35. The van der Waals surface area contributed by atoms with Crippen molar-refractivity contribution in [3.05, 3.63) is 24.3 Å². The summed E-state index contributed by atoms with van der Waals surface area (Å²) in [5, 5.41) is 7.61. The minimum Gasteiger partial charge on any atom is -0.326 e. The van der Waals surface area contributed by atoms with Crippen LogP contribution in [-0.2, 0) is 14.8 Å². The van der Waals surface area contributed by atoms with Crippen LogP contribution in [0.5, 0.6) is 0 Å². The number of hydrogen-bond acceptors (Lipinski definition) is 3. The number of halogens is 1. The molecular formula is C11H15ClN2O3S. The number of hydrogen-bond donors (Lipinski definition) is 2. The zero-order chi connectivity index (χ0) is 13.6. The number of unbranched alkanes of at least 4 members (excludes halogenated alkanes) is 1. The van der Waals surface area contributed by atoms with E-state index in [0.29, 0.717) is 24.4 Å². The van der Waals surface area contributed by atoms with Crippen molar-refractivity contribution in [1.82, 2.24) is 0 Å². The summed E-state index contributed by atoms with van der Waals surface area (Å²) in [4.78, 5) is 11.5. The van der Waals surface area contributed by atoms with Crippen LogP contribution in [0.25, 0.3) is 0 Å². The van der Waals surface area contributed by atoms with Crippen LogP contribution in [0, 0.1) is 0 Å². The monoisotopic (exact) mass is 290 g/mol. The second-order valence-corrected chi connectivity index (χ2v) is 5.71. The van der Waals surface area contributed by atoms with Gasteiger partial charge in [0.2, 0.25) is 15.9 Å². The second-order valence-electron chi connectivity index (χ2n) is 3.77. The lowest BCUT2D eigenvalue weighted by atomic mass is 10.2. The molecule has 3 N–H and O–H groups in total. The summed E-state index contributed by atoms with van der Waals surface area (Å²) in [6.45, 7) is 0. The maximum Gasteiger partial charge on any atom is 0.238 e. The average molecular weight is 291 g/mol. The van der Waals surface area contributed by atoms with E-state index in [2.05, 4.69) is 5.32 Å². The van der Waals surface area contributed by atoms with Crippen LogP contribution in [0.3, 0.4) is 0 Å². The number of nitrogens with one attached hydrogen (secondary N) is 1. The van der Waals surface area contributed by atoms with Crippen molar-refractivity contribution in [3.63, 3.8) is 0 Å². The van der Waals surface area contributed by atoms with Gasteiger partial charge in [-0.25, -0.2) is 13.6 Å². The molecular weight excluding hydrogens is 276 g/mol. The number of primary sulfonamides is 1. The van der Waals surface area contributed by atoms with E-state index in [1.807, 2.05) is 0 Å². The Labute approximate surface area is 111 Å². The third-order valence-corrected chi connectivity index (χ3v) is 3.41. The lowest BCUT2D eigenvalue weighted by Gasteiger charge is -2.06. The first-order valence-corrected chi connectivity index (χ1v) is 7.50. The third kappa shape index (κ3) is 5.03. The summed E-state index contributed by atoms with van der Waals surface area (Å²) in [5.74, 6) is 0.348. The Morgan fingerprint density at radius 1 is 1.33 bits per heavy atom. The van der Waals surface area contributed by atoms with Gasteiger partial charge in [0.05, 0.1) is 4.90 Å². The Bertz CT molecular complexity index is 517. The zero-order valence-electron chi connectivity index (χ0n) is 9.73. The molecule has 7 heteroatoms. The summed E-state index contributed by atoms with van der Waals surface area (Å²) in [6.07, 6.45) is 1.82. The van der Waals surface area contributed by atoms with Crippen LogP contribution < -0.4 is 10.5 Å². The van der Waals surface area contributed by atoms with Crippen LogP contribution in [0.2, 0.25) is 0 Å². The van der Waals surface area contributed by atoms with Crippen LogP contribution in [0.4, 0.5) is 5.69 Å². The standard InChI is InChI=1S/C11H15ClN2O3S/c12-7-2-1-6-11(15)14-9-4-3-5-10(8-9)18(13,16)17/h3-5,8H,1-2,6-7H2,(H,14,15)(H2,13,16,17). The summed E-state index contributed by atoms with van der Waals surface area (Å²) in [6, 6.07) is 5.83. The average Bonchev–Trinajstić information content (AvgIpc) is 2.28. The smallest absolute Gasteiger partial charge is 0.238 e. The van der Waals surface area contributed by atoms with Gasteiger partial charge in [-0.2, -0.15) is 0 Å². The Balaban J connectivity index is 2.65. The van der Waals surface area contributed by atoms with Crippen molar-refractivity contribution >= 4 is 33.2 Å². The molecule has 0 aromatic heterocycles. The SMILES string of the molecule is NS(=O)(=O)c1cccc(NC(=O)CCCCCl)c1. The van der Waals surface area contributed by atoms with E-state index in [4.69, 9.17) is 16.7 Å². The number of nitrogens with two attached hydrogens (primary N) is 1. The fraction of sp³-hybridized carbons (Fsp3) is 0.364. The number of benzene rings is 1. The zero-order valence-corrected chi connectivity index (χ0v) is 11.3. The van der Waals surface area contributed by atoms with Crippen molar-refractivity contribution in [2.24, 2.45) is 5.14 Å². The van der Waals surface area contributed by atoms with E-state index >= 15 is 0 Å². The van der Waals surface area contributed by atoms with Gasteiger partial charge in [-0.3, -0.25) is 4.79 Å². The first-order valence-electron chi connectivity index (χ1n) is 5.42. The fourth-order valence-corrected chi connectivity index (χ4v) is 2.10. The van der Waals surface area contributed by atoms with Gasteiger partial charge in [0.25, 0.3) is 0 Å². The maximum absolute atomic E-state index is 11.5. The van der Waals surface area contributed by atoms with E-state index in [0.717, 1.165) is 6.42 Å². The van der Waals surface area contributed by atoms with Gasteiger partial charge in [-0.05, 0) is 31.0 Å². The minimum absolute atomic E-state index is 0.0268. The third-order valence-electron chi connectivity index (χ3n) is 2.23. The predicted octanol–water partition coefficient (Wildman–Crippen LogP) is 1.68. The van der Waals surface area contributed by atoms with Crippen molar-refractivity contribution in [3.8, 4) is 0 Å². The van der Waals surface area contributed by atoms with Gasteiger partial charge in [-0.15, -0.1) is 11.6 Å². The quantitative estimate of drug-likeness (QED) is 0.617. The molecule has 0 radical (unpaired) electrons. The highest BCUT2D eigenvalue weighted by Gasteiger charge is 2.09. The van der Waals surface area contributed by atoms with Crippen molar-refractivity contribution in [1.29, 1.82) is 0 Å². The molecule has 0 aliphatic carbocycles. The first kappa shape index (κ1) is 14.9. The largest absolute Gasteiger partial charge is 0.326 e. The second kappa shape index (κ2) is 6.72. The van der Waals surface area contributed by atoms with Crippen LogP contribution in [0.1, 0.15) is 19.3 Å². The molecule has 1 rings (SSSR count). The lowest BCUT2D eigenvalue weighted by Crippen LogP contribution is -2.14. The van der Waals surface area contributed by atoms with Gasteiger partial charge in [-0.1, -0.05) is 6.07 Å². The number of carbonyl (C=O) groups is 1. The summed E-state index contributed by atoms with van der Waals surface area (Å²) in [5.41, 5.74) is 0.414. The first-order chi connectivity index (χ1) is 8.43. The normalized spacial score (nSPS) is 11.2. The van der Waals surface area contributed by atoms with Crippen LogP contribution in [0.15, 0.2) is 29.2 Å². The molecule has 18 heavy (non-hydrogen) atoms. The molecule has 0 saturated heterocycles. The van der Waals surface area contributed by atoms with Crippen molar-refractivity contribution in [2.45, 2.75) is 24.2 Å². The highest BCUT2D eigenvalue weighted by molar-refractivity contribution is 7.89. The molecule has 5 nitrogen and oxygen atoms in total. The molecule has 100 valence electrons. The number of alkyl halides is 1. The van der Waals surface area contributed by atoms with E-state index in [-0.39, 0.29) is 10.8 Å². The van der Waals surface area contributed by atoms with Crippen LogP contribution in [-0.4, -0.2) is 20.2 Å². The molecule has 0 saturated carbocycles. The Morgan fingerprint density at radius 2 is 2.06 bits per heavy atom. The Hall–Kier alpha value is -1.11. The van der Waals surface area contributed by atoms with Crippen LogP contribution >= 0.6 is 11.6 Å². The van der Waals surface area contributed by atoms with E-state index in [1.54, 1.807) is 6.07 Å². The van der Waals surface area contributed by atoms with Gasteiger partial charge in [0.15, 0.2) is 0 Å². The molecule has 0 heterocycles. The van der Waals surface area contributed by atoms with E-state index < -0.39 is 10.0 Å². The Morgan fingerprint density at radius 3 is 2.67 bits per heavy atom. The summed E-state index contributed by atoms with van der Waals surface area (Å²) in [7, 11) is -3.75. The van der Waals surface area contributed by atoms with E-state index in [1.165, 1.54) is 18.2 Å². The van der Waals surface area contributed by atoms with Crippen molar-refractivity contribution < 1.29 is 13.2 Å². The molecule has 1 aromatic carbocycles. The van der Waals surface area contributed by atoms with Gasteiger partial charge in [0.1, 0.15) is 0 Å². The summed E-state index contributed by atoms with van der Waals surface area (Å²) >= 11 is 5.50. The number of sulfonamides is 1. The highest BCUT2D eigenvalue weighted by atomic mass is 35.5. The van der Waals surface area contributed by atoms with Gasteiger partial charge in [0, 0.05) is 18.0 Å². The number of amides is 1. The number of anilines is 1. The molecule has 0 bridgehead atoms. The molecule has 1 amide bonds. The summed E-state index contributed by atoms with van der Waals surface area (Å²) < 4.78 is 22.3. The molecule has 0 spiro atoms. The molecule has 0 aliphatic rings. The minimum atomic E-state index is -3.75. The molecule has 0 aliphatic heterocycles. The molecule has 0 atom stereocenters. The molecule has 0 fully saturated rings. The molecule has 0 unspecified atom stereocenters. The predicted molar refractivity (Wildman–Crippen MR) is 71.0 cm³/mol. The Kier molecular flexibility index (Phi) is 5.58. The number of rotatable bonds is 6. The highest BCUT2D eigenvalue weighted by Crippen LogP contribution is 2.14. The van der Waals surface area contributed by atoms with Gasteiger partial charge < -0.3 is 5.32 Å². The lowest BCUT2D eigenvalue weighted by molar-refractivity contribution is -0.116. The van der Waals surface area contributed by atoms with E-state index in [9.17, 15) is 13.2 Å². The maximum atomic E-state index is 11.5. The number of carbonyl (C=O) groups excluding carboxylic acids is 1. The van der Waals surface area contributed by atoms with Gasteiger partial charge >= 0.3 is 0 Å². The molecule has 1 aromatic rings. The topological polar surface area (TPSA) is 89.3 Å².